The summed E-state index contributed by atoms with van der Waals surface area (Å²) < 4.78 is 35.6. The molecular weight excluding hydrogens is 287 g/mol. The largest absolute Gasteiger partial charge is 0.405 e. The molecule has 21 heavy (non-hydrogen) atoms. The molecule has 0 aliphatic rings. The number of amides is 3. The van der Waals surface area contributed by atoms with Gasteiger partial charge in [0.15, 0.2) is 6.54 Å². The van der Waals surface area contributed by atoms with Gasteiger partial charge in [-0.25, -0.2) is 4.79 Å². The lowest BCUT2D eigenvalue weighted by Gasteiger charge is -2.11. The minimum absolute atomic E-state index is 0.00446. The van der Waals surface area contributed by atoms with Crippen LogP contribution in [0.3, 0.4) is 0 Å². The molecule has 8 heteroatoms. The topological polar surface area (TPSA) is 74.8 Å². The SMILES string of the molecule is C[C@@H]([NH2+]CC(=O)NC(=O)NCC(F)(F)F)c1ccccc1. The smallest absolute Gasteiger partial charge is 0.333 e. The molecule has 3 amide bonds. The van der Waals surface area contributed by atoms with E-state index in [-0.39, 0.29) is 12.6 Å². The molecule has 0 spiro atoms. The molecule has 0 aromatic heterocycles. The summed E-state index contributed by atoms with van der Waals surface area (Å²) in [5.41, 5.74) is 1.01. The van der Waals surface area contributed by atoms with Crippen LogP contribution in [-0.4, -0.2) is 31.2 Å². The number of quaternary nitrogens is 1. The zero-order valence-electron chi connectivity index (χ0n) is 11.4. The predicted octanol–water partition coefficient (Wildman–Crippen LogP) is 0.699. The van der Waals surface area contributed by atoms with E-state index in [1.165, 1.54) is 0 Å². The highest BCUT2D eigenvalue weighted by Gasteiger charge is 2.28. The molecule has 1 rings (SSSR count). The monoisotopic (exact) mass is 304 g/mol. The van der Waals surface area contributed by atoms with E-state index >= 15 is 0 Å². The van der Waals surface area contributed by atoms with Crippen molar-refractivity contribution >= 4 is 11.9 Å². The molecule has 0 heterocycles. The summed E-state index contributed by atoms with van der Waals surface area (Å²) >= 11 is 0. The zero-order chi connectivity index (χ0) is 15.9. The Bertz CT molecular complexity index is 477. The van der Waals surface area contributed by atoms with Gasteiger partial charge >= 0.3 is 12.2 Å². The van der Waals surface area contributed by atoms with Gasteiger partial charge in [-0.05, 0) is 6.92 Å². The highest BCUT2D eigenvalue weighted by molar-refractivity contribution is 5.94. The average Bonchev–Trinajstić information content (AvgIpc) is 2.43. The van der Waals surface area contributed by atoms with Gasteiger partial charge < -0.3 is 10.6 Å². The molecule has 0 saturated heterocycles. The first-order chi connectivity index (χ1) is 9.78. The average molecular weight is 304 g/mol. The number of hydrogen-bond acceptors (Lipinski definition) is 2. The molecule has 4 N–H and O–H groups in total. The summed E-state index contributed by atoms with van der Waals surface area (Å²) in [6.07, 6.45) is -4.51. The van der Waals surface area contributed by atoms with Crippen LogP contribution >= 0.6 is 0 Å². The van der Waals surface area contributed by atoms with Gasteiger partial charge in [0.1, 0.15) is 12.6 Å². The van der Waals surface area contributed by atoms with Crippen molar-refractivity contribution in [3.8, 4) is 0 Å². The van der Waals surface area contributed by atoms with E-state index in [1.807, 2.05) is 42.6 Å². The first-order valence-electron chi connectivity index (χ1n) is 6.30. The van der Waals surface area contributed by atoms with E-state index in [0.29, 0.717) is 0 Å². The van der Waals surface area contributed by atoms with E-state index in [4.69, 9.17) is 0 Å². The summed E-state index contributed by atoms with van der Waals surface area (Å²) in [6, 6.07) is 8.24. The van der Waals surface area contributed by atoms with Gasteiger partial charge in [0, 0.05) is 5.56 Å². The maximum absolute atomic E-state index is 11.9. The first-order valence-corrected chi connectivity index (χ1v) is 6.30. The lowest BCUT2D eigenvalue weighted by molar-refractivity contribution is -0.682. The molecule has 0 saturated carbocycles. The Morgan fingerprint density at radius 3 is 2.43 bits per heavy atom. The summed E-state index contributed by atoms with van der Waals surface area (Å²) in [6.45, 7) is 0.345. The van der Waals surface area contributed by atoms with Gasteiger partial charge in [-0.15, -0.1) is 0 Å². The molecule has 1 aromatic rings. The summed E-state index contributed by atoms with van der Waals surface area (Å²) in [5.74, 6) is -0.655. The highest BCUT2D eigenvalue weighted by Crippen LogP contribution is 2.11. The fourth-order valence-electron chi connectivity index (χ4n) is 1.58. The third kappa shape index (κ3) is 7.31. The number of nitrogens with two attached hydrogens (primary N) is 1. The normalized spacial score (nSPS) is 12.6. The Hall–Kier alpha value is -2.09. The first kappa shape index (κ1) is 17.0. The standard InChI is InChI=1S/C13H16F3N3O2/c1-9(10-5-3-2-4-6-10)17-7-11(20)19-12(21)18-8-13(14,15)16/h2-6,9,17H,7-8H2,1H3,(H2,18,19,20,21)/p+1/t9-/m1/s1. The second-order valence-corrected chi connectivity index (χ2v) is 4.49. The van der Waals surface area contributed by atoms with Gasteiger partial charge in [-0.1, -0.05) is 30.3 Å². The number of rotatable bonds is 5. The Labute approximate surface area is 119 Å². The van der Waals surface area contributed by atoms with Gasteiger partial charge in [0.25, 0.3) is 5.91 Å². The number of imide groups is 1. The molecule has 1 aromatic carbocycles. The minimum Gasteiger partial charge on any atom is -0.333 e. The Morgan fingerprint density at radius 2 is 1.86 bits per heavy atom. The van der Waals surface area contributed by atoms with Crippen molar-refractivity contribution in [3.05, 3.63) is 35.9 Å². The molecule has 0 bridgehead atoms. The molecule has 0 radical (unpaired) electrons. The number of carbonyl (C=O) groups excluding carboxylic acids is 2. The van der Waals surface area contributed by atoms with Crippen LogP contribution in [0.2, 0.25) is 0 Å². The van der Waals surface area contributed by atoms with Gasteiger partial charge in [-0.3, -0.25) is 10.1 Å². The van der Waals surface area contributed by atoms with Crippen LogP contribution in [-0.2, 0) is 4.79 Å². The third-order valence-corrected chi connectivity index (χ3v) is 2.68. The minimum atomic E-state index is -4.51. The quantitative estimate of drug-likeness (QED) is 0.749. The zero-order valence-corrected chi connectivity index (χ0v) is 11.4. The van der Waals surface area contributed by atoms with E-state index in [0.717, 1.165) is 5.56 Å². The lowest BCUT2D eigenvalue weighted by atomic mass is 10.1. The van der Waals surface area contributed by atoms with Crippen LogP contribution in [0.15, 0.2) is 30.3 Å². The summed E-state index contributed by atoms with van der Waals surface area (Å²) in [4.78, 5) is 22.5. The fourth-order valence-corrected chi connectivity index (χ4v) is 1.58. The molecule has 0 aliphatic carbocycles. The number of hydrogen-bond donors (Lipinski definition) is 3. The van der Waals surface area contributed by atoms with E-state index in [9.17, 15) is 22.8 Å². The molecular formula is C13H17F3N3O2+. The maximum Gasteiger partial charge on any atom is 0.405 e. The van der Waals surface area contributed by atoms with Gasteiger partial charge in [0.2, 0.25) is 0 Å². The van der Waals surface area contributed by atoms with Crippen molar-refractivity contribution < 1.29 is 28.1 Å². The molecule has 5 nitrogen and oxygen atoms in total. The maximum atomic E-state index is 11.9. The van der Waals surface area contributed by atoms with Crippen LogP contribution in [0.25, 0.3) is 0 Å². The lowest BCUT2D eigenvalue weighted by Crippen LogP contribution is -2.87. The van der Waals surface area contributed by atoms with Crippen molar-refractivity contribution in [3.63, 3.8) is 0 Å². The van der Waals surface area contributed by atoms with Crippen molar-refractivity contribution in [1.82, 2.24) is 10.6 Å². The van der Waals surface area contributed by atoms with Crippen LogP contribution in [0.1, 0.15) is 18.5 Å². The molecule has 0 fully saturated rings. The van der Waals surface area contributed by atoms with Crippen molar-refractivity contribution in [2.45, 2.75) is 19.1 Å². The van der Waals surface area contributed by atoms with Crippen molar-refractivity contribution in [1.29, 1.82) is 0 Å². The van der Waals surface area contributed by atoms with E-state index in [2.05, 4.69) is 0 Å². The van der Waals surface area contributed by atoms with Crippen LogP contribution in [0.4, 0.5) is 18.0 Å². The highest BCUT2D eigenvalue weighted by atomic mass is 19.4. The van der Waals surface area contributed by atoms with Crippen LogP contribution in [0.5, 0.6) is 0 Å². The summed E-state index contributed by atoms with van der Waals surface area (Å²) in [5, 5.41) is 5.08. The molecule has 0 aliphatic heterocycles. The van der Waals surface area contributed by atoms with Crippen molar-refractivity contribution in [2.75, 3.05) is 13.1 Å². The number of halogens is 3. The Morgan fingerprint density at radius 1 is 1.24 bits per heavy atom. The van der Waals surface area contributed by atoms with E-state index in [1.54, 1.807) is 10.6 Å². The number of nitrogens with one attached hydrogen (secondary N) is 2. The second kappa shape index (κ2) is 7.63. The van der Waals surface area contributed by atoms with Gasteiger partial charge in [0.05, 0.1) is 0 Å². The van der Waals surface area contributed by atoms with E-state index < -0.39 is 24.7 Å². The Balaban J connectivity index is 2.29. The van der Waals surface area contributed by atoms with Crippen LogP contribution in [0, 0.1) is 0 Å². The summed E-state index contributed by atoms with van der Waals surface area (Å²) in [7, 11) is 0. The predicted molar refractivity (Wildman–Crippen MR) is 69.2 cm³/mol. The molecule has 1 atom stereocenters. The molecule has 0 unspecified atom stereocenters. The number of urea groups is 1. The van der Waals surface area contributed by atoms with Gasteiger partial charge in [-0.2, -0.15) is 13.2 Å². The number of alkyl halides is 3. The molecule has 116 valence electrons. The Kier molecular flexibility index (Phi) is 6.16. The number of benzene rings is 1. The van der Waals surface area contributed by atoms with Crippen LogP contribution < -0.4 is 16.0 Å². The third-order valence-electron chi connectivity index (χ3n) is 2.68. The number of carbonyl (C=O) groups is 2. The van der Waals surface area contributed by atoms with Crippen molar-refractivity contribution in [2.24, 2.45) is 0 Å². The second-order valence-electron chi connectivity index (χ2n) is 4.49. The fraction of sp³-hybridized carbons (Fsp3) is 0.385.